The van der Waals surface area contributed by atoms with Crippen molar-refractivity contribution < 1.29 is 29.2 Å². The van der Waals surface area contributed by atoms with Crippen LogP contribution in [0.15, 0.2) is 42.5 Å². The molecule has 2 aromatic rings. The highest BCUT2D eigenvalue weighted by molar-refractivity contribution is 6.31. The van der Waals surface area contributed by atoms with Gasteiger partial charge in [0, 0.05) is 5.02 Å². The summed E-state index contributed by atoms with van der Waals surface area (Å²) in [6.45, 7) is -0.590. The summed E-state index contributed by atoms with van der Waals surface area (Å²) in [7, 11) is 1.60. The number of aliphatic hydroxyl groups excluding tert-OH is 3. The Morgan fingerprint density at radius 1 is 1.11 bits per heavy atom. The van der Waals surface area contributed by atoms with Crippen molar-refractivity contribution in [3.05, 3.63) is 64.2 Å². The van der Waals surface area contributed by atoms with E-state index in [1.807, 2.05) is 24.3 Å². The molecule has 146 valence electrons. The molecule has 0 unspecified atom stereocenters. The first-order chi connectivity index (χ1) is 12.9. The molecule has 27 heavy (non-hydrogen) atoms. The van der Waals surface area contributed by atoms with E-state index in [2.05, 4.69) is 0 Å². The van der Waals surface area contributed by atoms with Gasteiger partial charge < -0.3 is 24.8 Å². The lowest BCUT2D eigenvalue weighted by Gasteiger charge is -2.39. The number of hydrogen-bond donors (Lipinski definition) is 3. The molecular weight excluding hydrogens is 375 g/mol. The van der Waals surface area contributed by atoms with E-state index in [1.165, 1.54) is 0 Å². The summed E-state index contributed by atoms with van der Waals surface area (Å²) in [4.78, 5) is 0. The van der Waals surface area contributed by atoms with Gasteiger partial charge in [0.15, 0.2) is 6.17 Å². The topological polar surface area (TPSA) is 79.2 Å². The summed E-state index contributed by atoms with van der Waals surface area (Å²) in [5.41, 5.74) is 2.37. The summed E-state index contributed by atoms with van der Waals surface area (Å²) in [5, 5.41) is 30.0. The highest BCUT2D eigenvalue weighted by Gasteiger charge is 2.45. The van der Waals surface area contributed by atoms with Crippen LogP contribution in [-0.4, -0.2) is 53.5 Å². The Morgan fingerprint density at radius 2 is 1.81 bits per heavy atom. The molecule has 5 nitrogen and oxygen atoms in total. The summed E-state index contributed by atoms with van der Waals surface area (Å²) in [6.07, 6.45) is -6.56. The van der Waals surface area contributed by atoms with Gasteiger partial charge in [-0.25, -0.2) is 4.39 Å². The normalized spacial score (nSPS) is 28.1. The highest BCUT2D eigenvalue weighted by atomic mass is 35.5. The van der Waals surface area contributed by atoms with E-state index >= 15 is 0 Å². The molecule has 0 aliphatic carbocycles. The van der Waals surface area contributed by atoms with Crippen LogP contribution in [0.4, 0.5) is 4.39 Å². The van der Waals surface area contributed by atoms with Gasteiger partial charge in [-0.2, -0.15) is 0 Å². The van der Waals surface area contributed by atoms with Gasteiger partial charge in [-0.05, 0) is 41.3 Å². The predicted molar refractivity (Wildman–Crippen MR) is 98.9 cm³/mol. The molecule has 1 aliphatic heterocycles. The average Bonchev–Trinajstić information content (AvgIpc) is 2.69. The lowest BCUT2D eigenvalue weighted by Crippen LogP contribution is -2.53. The van der Waals surface area contributed by atoms with Gasteiger partial charge in [0.05, 0.1) is 13.7 Å². The van der Waals surface area contributed by atoms with Crippen LogP contribution in [0.25, 0.3) is 0 Å². The second kappa shape index (κ2) is 8.54. The van der Waals surface area contributed by atoms with Gasteiger partial charge in [0.1, 0.15) is 30.2 Å². The van der Waals surface area contributed by atoms with Gasteiger partial charge in [-0.3, -0.25) is 0 Å². The Hall–Kier alpha value is -1.70. The fourth-order valence-corrected chi connectivity index (χ4v) is 3.41. The van der Waals surface area contributed by atoms with Crippen LogP contribution in [0.5, 0.6) is 5.75 Å². The van der Waals surface area contributed by atoms with Crippen LogP contribution >= 0.6 is 11.6 Å². The number of aliphatic hydroxyl groups is 3. The second-order valence-corrected chi connectivity index (χ2v) is 6.99. The molecule has 0 spiro atoms. The standard InChI is InChI=1S/C20H22ClFO5/c1-26-14-5-2-11(3-6-14)8-13-9-12(4-7-15(13)21)20-19(25)18(24)17(22)16(10-23)27-20/h2-7,9,16-20,23-25H,8,10H2,1H3/t16-,17+,18+,19-,20+/m1/s1. The minimum atomic E-state index is -1.85. The Morgan fingerprint density at radius 3 is 2.44 bits per heavy atom. The van der Waals surface area contributed by atoms with Crippen molar-refractivity contribution in [1.82, 2.24) is 0 Å². The van der Waals surface area contributed by atoms with Crippen LogP contribution in [-0.2, 0) is 11.2 Å². The molecule has 3 N–H and O–H groups in total. The number of hydrogen-bond acceptors (Lipinski definition) is 5. The number of methoxy groups -OCH3 is 1. The molecule has 0 bridgehead atoms. The van der Waals surface area contributed by atoms with Crippen molar-refractivity contribution in [3.8, 4) is 5.75 Å². The summed E-state index contributed by atoms with van der Waals surface area (Å²) in [5.74, 6) is 0.752. The first kappa shape index (κ1) is 20.0. The van der Waals surface area contributed by atoms with E-state index < -0.39 is 37.2 Å². The predicted octanol–water partition coefficient (Wildman–Crippen LogP) is 2.43. The van der Waals surface area contributed by atoms with Gasteiger partial charge >= 0.3 is 0 Å². The Kier molecular flexibility index (Phi) is 6.34. The van der Waals surface area contributed by atoms with Crippen LogP contribution in [0.2, 0.25) is 5.02 Å². The third kappa shape index (κ3) is 4.25. The maximum atomic E-state index is 13.9. The largest absolute Gasteiger partial charge is 0.497 e. The third-order valence-electron chi connectivity index (χ3n) is 4.79. The fraction of sp³-hybridized carbons (Fsp3) is 0.400. The Balaban J connectivity index is 1.85. The molecule has 5 atom stereocenters. The number of benzene rings is 2. The maximum absolute atomic E-state index is 13.9. The zero-order valence-corrected chi connectivity index (χ0v) is 15.5. The van der Waals surface area contributed by atoms with E-state index in [1.54, 1.807) is 25.3 Å². The Labute approximate surface area is 161 Å². The zero-order chi connectivity index (χ0) is 19.6. The van der Waals surface area contributed by atoms with E-state index in [0.29, 0.717) is 17.0 Å². The van der Waals surface area contributed by atoms with Crippen molar-refractivity contribution in [2.45, 2.75) is 37.0 Å². The first-order valence-corrected chi connectivity index (χ1v) is 9.00. The zero-order valence-electron chi connectivity index (χ0n) is 14.8. The SMILES string of the molecule is COc1ccc(Cc2cc([C@@H]3O[C@H](CO)[C@H](F)[C@H](O)[C@H]3O)ccc2Cl)cc1. The van der Waals surface area contributed by atoms with Crippen LogP contribution in [0.3, 0.4) is 0 Å². The average molecular weight is 397 g/mol. The molecule has 2 aromatic carbocycles. The van der Waals surface area contributed by atoms with E-state index in [9.17, 15) is 19.7 Å². The van der Waals surface area contributed by atoms with E-state index in [4.69, 9.17) is 21.1 Å². The summed E-state index contributed by atoms with van der Waals surface area (Å²) in [6, 6.07) is 12.6. The lowest BCUT2D eigenvalue weighted by atomic mass is 9.90. The summed E-state index contributed by atoms with van der Waals surface area (Å²) >= 11 is 6.31. The number of rotatable bonds is 5. The molecular formula is C20H22ClFO5. The van der Waals surface area contributed by atoms with Crippen molar-refractivity contribution >= 4 is 11.6 Å². The summed E-state index contributed by atoms with van der Waals surface area (Å²) < 4.78 is 24.6. The van der Waals surface area contributed by atoms with Crippen LogP contribution in [0.1, 0.15) is 22.8 Å². The molecule has 1 heterocycles. The van der Waals surface area contributed by atoms with Crippen molar-refractivity contribution in [3.63, 3.8) is 0 Å². The van der Waals surface area contributed by atoms with Gasteiger partial charge in [0.2, 0.25) is 0 Å². The molecule has 1 fully saturated rings. The van der Waals surface area contributed by atoms with Crippen molar-refractivity contribution in [2.75, 3.05) is 13.7 Å². The second-order valence-electron chi connectivity index (χ2n) is 6.58. The Bertz CT molecular complexity index is 767. The van der Waals surface area contributed by atoms with Crippen molar-refractivity contribution in [1.29, 1.82) is 0 Å². The van der Waals surface area contributed by atoms with E-state index in [-0.39, 0.29) is 0 Å². The number of halogens is 2. The molecule has 0 aromatic heterocycles. The maximum Gasteiger partial charge on any atom is 0.157 e. The highest BCUT2D eigenvalue weighted by Crippen LogP contribution is 2.35. The van der Waals surface area contributed by atoms with Gasteiger partial charge in [-0.15, -0.1) is 0 Å². The van der Waals surface area contributed by atoms with E-state index in [0.717, 1.165) is 16.9 Å². The third-order valence-corrected chi connectivity index (χ3v) is 5.16. The quantitative estimate of drug-likeness (QED) is 0.723. The number of alkyl halides is 1. The fourth-order valence-electron chi connectivity index (χ4n) is 3.22. The minimum absolute atomic E-state index is 0.539. The molecule has 3 rings (SSSR count). The first-order valence-electron chi connectivity index (χ1n) is 8.62. The minimum Gasteiger partial charge on any atom is -0.497 e. The molecule has 0 saturated carbocycles. The molecule has 1 aliphatic rings. The molecule has 0 radical (unpaired) electrons. The van der Waals surface area contributed by atoms with Gasteiger partial charge in [-0.1, -0.05) is 35.9 Å². The molecule has 1 saturated heterocycles. The van der Waals surface area contributed by atoms with Crippen LogP contribution < -0.4 is 4.74 Å². The molecule has 0 amide bonds. The van der Waals surface area contributed by atoms with Crippen molar-refractivity contribution in [2.24, 2.45) is 0 Å². The smallest absolute Gasteiger partial charge is 0.157 e. The molecule has 7 heteroatoms. The monoisotopic (exact) mass is 396 g/mol. The van der Waals surface area contributed by atoms with Crippen LogP contribution in [0, 0.1) is 0 Å². The van der Waals surface area contributed by atoms with Gasteiger partial charge in [0.25, 0.3) is 0 Å². The number of ether oxygens (including phenoxy) is 2. The lowest BCUT2D eigenvalue weighted by molar-refractivity contribution is -0.214.